The van der Waals surface area contributed by atoms with Gasteiger partial charge in [-0.05, 0) is 83.6 Å². The van der Waals surface area contributed by atoms with Crippen LogP contribution in [-0.4, -0.2) is 19.5 Å². The SMILES string of the molecule is Cc1cc(Nc2ncnc3ccc(I)cc23)ccc1Oc1ccc2c(c1)ncn2C. The summed E-state index contributed by atoms with van der Waals surface area (Å²) in [5, 5.41) is 4.40. The highest BCUT2D eigenvalue weighted by Gasteiger charge is 2.08. The molecule has 0 atom stereocenters. The number of halogens is 1. The Morgan fingerprint density at radius 3 is 2.70 bits per heavy atom. The van der Waals surface area contributed by atoms with E-state index in [4.69, 9.17) is 4.74 Å². The Morgan fingerprint density at radius 1 is 0.933 bits per heavy atom. The molecule has 5 rings (SSSR count). The molecule has 6 nitrogen and oxygen atoms in total. The van der Waals surface area contributed by atoms with Crippen LogP contribution in [0.15, 0.2) is 67.3 Å². The molecule has 0 aliphatic carbocycles. The Hall–Kier alpha value is -3.20. The minimum atomic E-state index is 0.765. The van der Waals surface area contributed by atoms with Crippen molar-refractivity contribution >= 4 is 56.0 Å². The quantitative estimate of drug-likeness (QED) is 0.304. The lowest BCUT2D eigenvalue weighted by molar-refractivity contribution is 0.479. The van der Waals surface area contributed by atoms with Crippen LogP contribution in [0.25, 0.3) is 21.9 Å². The first kappa shape index (κ1) is 18.8. The fourth-order valence-corrected chi connectivity index (χ4v) is 3.90. The smallest absolute Gasteiger partial charge is 0.141 e. The molecule has 1 N–H and O–H groups in total. The zero-order valence-electron chi connectivity index (χ0n) is 16.4. The second-order valence-electron chi connectivity index (χ2n) is 7.10. The van der Waals surface area contributed by atoms with Crippen LogP contribution in [0.2, 0.25) is 0 Å². The predicted octanol–water partition coefficient (Wildman–Crippen LogP) is 5.97. The minimum Gasteiger partial charge on any atom is -0.457 e. The van der Waals surface area contributed by atoms with E-state index in [0.717, 1.165) is 54.1 Å². The number of aromatic nitrogens is 4. The van der Waals surface area contributed by atoms with Crippen LogP contribution in [0, 0.1) is 10.5 Å². The van der Waals surface area contributed by atoms with E-state index < -0.39 is 0 Å². The van der Waals surface area contributed by atoms with Crippen LogP contribution in [0.3, 0.4) is 0 Å². The topological polar surface area (TPSA) is 64.9 Å². The summed E-state index contributed by atoms with van der Waals surface area (Å²) in [5.74, 6) is 2.35. The molecule has 0 spiro atoms. The van der Waals surface area contributed by atoms with Crippen molar-refractivity contribution in [2.24, 2.45) is 7.05 Å². The normalized spacial score (nSPS) is 11.2. The lowest BCUT2D eigenvalue weighted by Gasteiger charge is -2.12. The van der Waals surface area contributed by atoms with E-state index in [1.165, 1.54) is 0 Å². The molecule has 148 valence electrons. The molecular formula is C23H18IN5O. The van der Waals surface area contributed by atoms with Gasteiger partial charge in [0.05, 0.1) is 22.9 Å². The molecule has 0 radical (unpaired) electrons. The van der Waals surface area contributed by atoms with Crippen molar-refractivity contribution in [1.82, 2.24) is 19.5 Å². The average molecular weight is 507 g/mol. The standard InChI is InChI=1S/C23H18IN5O/c1-14-9-16(28-23-18-10-15(24)3-6-19(18)25-12-26-23)4-8-22(14)30-17-5-7-21-20(11-17)27-13-29(21)2/h3-13H,1-2H3,(H,25,26,28). The molecule has 2 aromatic heterocycles. The monoisotopic (exact) mass is 507 g/mol. The Balaban J connectivity index is 1.41. The number of fused-ring (bicyclic) bond motifs is 2. The molecule has 0 aliphatic rings. The van der Waals surface area contributed by atoms with E-state index in [-0.39, 0.29) is 0 Å². The summed E-state index contributed by atoms with van der Waals surface area (Å²) < 4.78 is 9.24. The Bertz CT molecular complexity index is 1400. The maximum absolute atomic E-state index is 6.11. The molecule has 7 heteroatoms. The summed E-state index contributed by atoms with van der Waals surface area (Å²) >= 11 is 2.30. The van der Waals surface area contributed by atoms with Crippen LogP contribution in [0.5, 0.6) is 11.5 Å². The van der Waals surface area contributed by atoms with Gasteiger partial charge in [0.1, 0.15) is 23.6 Å². The molecule has 0 fully saturated rings. The molecule has 0 saturated heterocycles. The first-order valence-corrected chi connectivity index (χ1v) is 10.5. The van der Waals surface area contributed by atoms with Crippen molar-refractivity contribution in [3.05, 3.63) is 76.4 Å². The lowest BCUT2D eigenvalue weighted by atomic mass is 10.2. The highest BCUT2D eigenvalue weighted by molar-refractivity contribution is 14.1. The summed E-state index contributed by atoms with van der Waals surface area (Å²) in [6.45, 7) is 2.03. The van der Waals surface area contributed by atoms with E-state index >= 15 is 0 Å². The average Bonchev–Trinajstić information content (AvgIpc) is 3.11. The molecular weight excluding hydrogens is 489 g/mol. The van der Waals surface area contributed by atoms with Crippen LogP contribution >= 0.6 is 22.6 Å². The van der Waals surface area contributed by atoms with E-state index in [2.05, 4.69) is 55.0 Å². The van der Waals surface area contributed by atoms with Crippen LogP contribution in [-0.2, 0) is 7.05 Å². The molecule has 30 heavy (non-hydrogen) atoms. The molecule has 0 unspecified atom stereocenters. The molecule has 2 heterocycles. The van der Waals surface area contributed by atoms with Crippen LogP contribution < -0.4 is 10.1 Å². The van der Waals surface area contributed by atoms with Gasteiger partial charge in [-0.2, -0.15) is 0 Å². The van der Waals surface area contributed by atoms with Gasteiger partial charge >= 0.3 is 0 Å². The van der Waals surface area contributed by atoms with Crippen molar-refractivity contribution in [2.45, 2.75) is 6.92 Å². The summed E-state index contributed by atoms with van der Waals surface area (Å²) in [6, 6.07) is 18.1. The van der Waals surface area contributed by atoms with Gasteiger partial charge in [-0.1, -0.05) is 0 Å². The predicted molar refractivity (Wildman–Crippen MR) is 128 cm³/mol. The van der Waals surface area contributed by atoms with Crippen molar-refractivity contribution < 1.29 is 4.74 Å². The number of benzene rings is 3. The molecule has 3 aromatic carbocycles. The maximum atomic E-state index is 6.11. The van der Waals surface area contributed by atoms with E-state index in [0.29, 0.717) is 0 Å². The number of hydrogen-bond acceptors (Lipinski definition) is 5. The fourth-order valence-electron chi connectivity index (χ4n) is 3.41. The number of aryl methyl sites for hydroxylation is 2. The largest absolute Gasteiger partial charge is 0.457 e. The maximum Gasteiger partial charge on any atom is 0.141 e. The molecule has 5 aromatic rings. The first-order valence-electron chi connectivity index (χ1n) is 9.44. The van der Waals surface area contributed by atoms with E-state index in [1.54, 1.807) is 12.7 Å². The lowest BCUT2D eigenvalue weighted by Crippen LogP contribution is -1.97. The number of anilines is 2. The van der Waals surface area contributed by atoms with Crippen molar-refractivity contribution in [3.8, 4) is 11.5 Å². The number of nitrogens with one attached hydrogen (secondary N) is 1. The highest BCUT2D eigenvalue weighted by atomic mass is 127. The van der Waals surface area contributed by atoms with E-state index in [1.807, 2.05) is 61.0 Å². The van der Waals surface area contributed by atoms with Crippen molar-refractivity contribution in [1.29, 1.82) is 0 Å². The van der Waals surface area contributed by atoms with Gasteiger partial charge in [-0.15, -0.1) is 0 Å². The van der Waals surface area contributed by atoms with Gasteiger partial charge in [-0.25, -0.2) is 15.0 Å². The summed E-state index contributed by atoms with van der Waals surface area (Å²) in [4.78, 5) is 13.2. The third kappa shape index (κ3) is 3.56. The van der Waals surface area contributed by atoms with Gasteiger partial charge in [0.15, 0.2) is 0 Å². The summed E-state index contributed by atoms with van der Waals surface area (Å²) in [5.41, 5.74) is 4.86. The summed E-state index contributed by atoms with van der Waals surface area (Å²) in [7, 11) is 1.98. The molecule has 0 saturated carbocycles. The number of hydrogen-bond donors (Lipinski definition) is 1. The van der Waals surface area contributed by atoms with Crippen LogP contribution in [0.1, 0.15) is 5.56 Å². The van der Waals surface area contributed by atoms with Crippen LogP contribution in [0.4, 0.5) is 11.5 Å². The highest BCUT2D eigenvalue weighted by Crippen LogP contribution is 2.31. The Morgan fingerprint density at radius 2 is 1.83 bits per heavy atom. The van der Waals surface area contributed by atoms with Gasteiger partial charge < -0.3 is 14.6 Å². The fraction of sp³-hybridized carbons (Fsp3) is 0.0870. The molecule has 0 bridgehead atoms. The molecule has 0 aliphatic heterocycles. The first-order chi connectivity index (χ1) is 14.6. The minimum absolute atomic E-state index is 0.765. The van der Waals surface area contributed by atoms with E-state index in [9.17, 15) is 0 Å². The van der Waals surface area contributed by atoms with Gasteiger partial charge in [0.2, 0.25) is 0 Å². The number of rotatable bonds is 4. The number of imidazole rings is 1. The van der Waals surface area contributed by atoms with Gasteiger partial charge in [0.25, 0.3) is 0 Å². The second-order valence-corrected chi connectivity index (χ2v) is 8.34. The third-order valence-corrected chi connectivity index (χ3v) is 5.63. The van der Waals surface area contributed by atoms with Gasteiger partial charge in [0, 0.05) is 27.8 Å². The van der Waals surface area contributed by atoms with Crippen molar-refractivity contribution in [2.75, 3.05) is 5.32 Å². The third-order valence-electron chi connectivity index (χ3n) is 4.96. The zero-order chi connectivity index (χ0) is 20.7. The Labute approximate surface area is 187 Å². The zero-order valence-corrected chi connectivity index (χ0v) is 18.6. The summed E-state index contributed by atoms with van der Waals surface area (Å²) in [6.07, 6.45) is 3.38. The molecule has 0 amide bonds. The number of ether oxygens (including phenoxy) is 1. The Kier molecular flexibility index (Phi) is 4.74. The number of nitrogens with zero attached hydrogens (tertiary/aromatic N) is 4. The second kappa shape index (κ2) is 7.56. The van der Waals surface area contributed by atoms with Crippen molar-refractivity contribution in [3.63, 3.8) is 0 Å². The van der Waals surface area contributed by atoms with Gasteiger partial charge in [-0.3, -0.25) is 0 Å².